The quantitative estimate of drug-likeness (QED) is 0.929. The van der Waals surface area contributed by atoms with Crippen LogP contribution < -0.4 is 5.32 Å². The lowest BCUT2D eigenvalue weighted by Crippen LogP contribution is -2.46. The van der Waals surface area contributed by atoms with Crippen LogP contribution in [0.2, 0.25) is 0 Å². The number of ether oxygens (including phenoxy) is 2. The lowest BCUT2D eigenvalue weighted by atomic mass is 9.89. The summed E-state index contributed by atoms with van der Waals surface area (Å²) in [6.07, 6.45) is 3.70. The van der Waals surface area contributed by atoms with Crippen LogP contribution in [-0.2, 0) is 20.7 Å². The van der Waals surface area contributed by atoms with E-state index in [1.54, 1.807) is 12.1 Å². The molecule has 1 atom stereocenters. The Kier molecular flexibility index (Phi) is 4.22. The van der Waals surface area contributed by atoms with Crippen molar-refractivity contribution < 1.29 is 18.7 Å². The maximum Gasteiger partial charge on any atom is 0.224 e. The van der Waals surface area contributed by atoms with Crippen molar-refractivity contribution >= 4 is 5.91 Å². The summed E-state index contributed by atoms with van der Waals surface area (Å²) in [6.45, 7) is 1.26. The van der Waals surface area contributed by atoms with Crippen LogP contribution in [-0.4, -0.2) is 30.9 Å². The van der Waals surface area contributed by atoms with E-state index in [4.69, 9.17) is 9.47 Å². The van der Waals surface area contributed by atoms with Gasteiger partial charge in [-0.05, 0) is 30.5 Å². The average Bonchev–Trinajstić information content (AvgIpc) is 2.86. The zero-order valence-corrected chi connectivity index (χ0v) is 11.9. The van der Waals surface area contributed by atoms with Crippen LogP contribution in [0, 0.1) is 5.82 Å². The van der Waals surface area contributed by atoms with Gasteiger partial charge in [-0.3, -0.25) is 4.79 Å². The van der Waals surface area contributed by atoms with Crippen molar-refractivity contribution in [1.82, 2.24) is 5.32 Å². The van der Waals surface area contributed by atoms with Crippen molar-refractivity contribution in [3.05, 3.63) is 35.6 Å². The third-order valence-electron chi connectivity index (χ3n) is 4.10. The molecule has 3 rings (SSSR count). The predicted octanol–water partition coefficient (Wildman–Crippen LogP) is 2.17. The smallest absolute Gasteiger partial charge is 0.224 e. The summed E-state index contributed by atoms with van der Waals surface area (Å²) in [7, 11) is 0. The van der Waals surface area contributed by atoms with Gasteiger partial charge in [-0.2, -0.15) is 0 Å². The van der Waals surface area contributed by atoms with Crippen LogP contribution >= 0.6 is 0 Å². The number of amides is 1. The van der Waals surface area contributed by atoms with Gasteiger partial charge in [0.2, 0.25) is 5.91 Å². The van der Waals surface area contributed by atoms with Gasteiger partial charge in [-0.15, -0.1) is 0 Å². The van der Waals surface area contributed by atoms with Crippen LogP contribution in [0.5, 0.6) is 0 Å². The summed E-state index contributed by atoms with van der Waals surface area (Å²) in [4.78, 5) is 12.1. The van der Waals surface area contributed by atoms with E-state index in [9.17, 15) is 9.18 Å². The molecule has 1 aromatic rings. The zero-order chi connectivity index (χ0) is 14.7. The topological polar surface area (TPSA) is 47.6 Å². The fourth-order valence-corrected chi connectivity index (χ4v) is 3.19. The zero-order valence-electron chi connectivity index (χ0n) is 11.9. The SMILES string of the molecule is O=C(Cc1cccc(F)c1)NC1CCCC2(C1)OCCO2. The van der Waals surface area contributed by atoms with Crippen molar-refractivity contribution in [3.8, 4) is 0 Å². The Morgan fingerprint density at radius 2 is 2.19 bits per heavy atom. The molecule has 0 aromatic heterocycles. The third kappa shape index (κ3) is 3.60. The molecule has 21 heavy (non-hydrogen) atoms. The van der Waals surface area contributed by atoms with Crippen molar-refractivity contribution in [2.75, 3.05) is 13.2 Å². The fourth-order valence-electron chi connectivity index (χ4n) is 3.19. The second-order valence-corrected chi connectivity index (χ2v) is 5.78. The Morgan fingerprint density at radius 3 is 2.95 bits per heavy atom. The molecule has 2 fully saturated rings. The molecule has 2 aliphatic rings. The van der Waals surface area contributed by atoms with Crippen LogP contribution in [0.25, 0.3) is 0 Å². The summed E-state index contributed by atoms with van der Waals surface area (Å²) in [5.74, 6) is -0.889. The summed E-state index contributed by atoms with van der Waals surface area (Å²) >= 11 is 0. The Hall–Kier alpha value is -1.46. The summed E-state index contributed by atoms with van der Waals surface area (Å²) in [5, 5.41) is 3.02. The molecule has 0 bridgehead atoms. The number of carbonyl (C=O) groups excluding carboxylic acids is 1. The van der Waals surface area contributed by atoms with E-state index in [0.717, 1.165) is 19.3 Å². The first-order valence-electron chi connectivity index (χ1n) is 7.47. The summed E-state index contributed by atoms with van der Waals surface area (Å²) in [6, 6.07) is 6.21. The van der Waals surface area contributed by atoms with Crippen molar-refractivity contribution in [3.63, 3.8) is 0 Å². The number of carbonyl (C=O) groups is 1. The van der Waals surface area contributed by atoms with Crippen LogP contribution in [0.1, 0.15) is 31.2 Å². The molecule has 1 amide bonds. The largest absolute Gasteiger partial charge is 0.353 e. The van der Waals surface area contributed by atoms with Gasteiger partial charge in [-0.25, -0.2) is 4.39 Å². The van der Waals surface area contributed by atoms with E-state index < -0.39 is 5.79 Å². The lowest BCUT2D eigenvalue weighted by molar-refractivity contribution is -0.182. The van der Waals surface area contributed by atoms with Gasteiger partial charge in [0.15, 0.2) is 5.79 Å². The molecule has 114 valence electrons. The van der Waals surface area contributed by atoms with E-state index in [1.165, 1.54) is 12.1 Å². The maximum atomic E-state index is 13.1. The van der Waals surface area contributed by atoms with Gasteiger partial charge in [0.1, 0.15) is 5.82 Å². The Morgan fingerprint density at radius 1 is 1.38 bits per heavy atom. The number of benzene rings is 1. The lowest BCUT2D eigenvalue weighted by Gasteiger charge is -2.36. The first-order chi connectivity index (χ1) is 10.2. The van der Waals surface area contributed by atoms with Gasteiger partial charge in [0.05, 0.1) is 19.6 Å². The van der Waals surface area contributed by atoms with E-state index in [1.807, 2.05) is 0 Å². The molecule has 1 aromatic carbocycles. The van der Waals surface area contributed by atoms with Crippen LogP contribution in [0.3, 0.4) is 0 Å². The molecular weight excluding hydrogens is 273 g/mol. The van der Waals surface area contributed by atoms with Crippen LogP contribution in [0.15, 0.2) is 24.3 Å². The normalized spacial score (nSPS) is 24.1. The highest BCUT2D eigenvalue weighted by Gasteiger charge is 2.41. The predicted molar refractivity (Wildman–Crippen MR) is 75.1 cm³/mol. The molecule has 1 N–H and O–H groups in total. The van der Waals surface area contributed by atoms with E-state index in [2.05, 4.69) is 5.32 Å². The highest BCUT2D eigenvalue weighted by molar-refractivity contribution is 5.78. The monoisotopic (exact) mass is 293 g/mol. The first-order valence-corrected chi connectivity index (χ1v) is 7.47. The van der Waals surface area contributed by atoms with Gasteiger partial charge >= 0.3 is 0 Å². The second-order valence-electron chi connectivity index (χ2n) is 5.78. The minimum Gasteiger partial charge on any atom is -0.353 e. The maximum absolute atomic E-state index is 13.1. The van der Waals surface area contributed by atoms with Crippen molar-refractivity contribution in [1.29, 1.82) is 0 Å². The van der Waals surface area contributed by atoms with Gasteiger partial charge in [0.25, 0.3) is 0 Å². The average molecular weight is 293 g/mol. The molecule has 5 heteroatoms. The fraction of sp³-hybridized carbons (Fsp3) is 0.562. The second kappa shape index (κ2) is 6.12. The van der Waals surface area contributed by atoms with Crippen LogP contribution in [0.4, 0.5) is 4.39 Å². The Bertz CT molecular complexity index is 514. The van der Waals surface area contributed by atoms with E-state index in [-0.39, 0.29) is 24.2 Å². The highest BCUT2D eigenvalue weighted by Crippen LogP contribution is 2.35. The molecular formula is C16H20FNO3. The number of hydrogen-bond acceptors (Lipinski definition) is 3. The number of halogens is 1. The Balaban J connectivity index is 1.55. The molecule has 1 saturated carbocycles. The third-order valence-corrected chi connectivity index (χ3v) is 4.10. The van der Waals surface area contributed by atoms with Gasteiger partial charge < -0.3 is 14.8 Å². The molecule has 1 spiro atoms. The molecule has 1 saturated heterocycles. The van der Waals surface area contributed by atoms with E-state index >= 15 is 0 Å². The number of nitrogens with one attached hydrogen (secondary N) is 1. The molecule has 1 unspecified atom stereocenters. The van der Waals surface area contributed by atoms with Crippen molar-refractivity contribution in [2.45, 2.75) is 43.9 Å². The van der Waals surface area contributed by atoms with Gasteiger partial charge in [-0.1, -0.05) is 12.1 Å². The Labute approximate surface area is 123 Å². The van der Waals surface area contributed by atoms with Crippen molar-refractivity contribution in [2.24, 2.45) is 0 Å². The summed E-state index contributed by atoms with van der Waals surface area (Å²) < 4.78 is 24.5. The minimum absolute atomic E-state index is 0.0675. The number of rotatable bonds is 3. The molecule has 1 heterocycles. The summed E-state index contributed by atoms with van der Waals surface area (Å²) in [5.41, 5.74) is 0.686. The molecule has 1 aliphatic carbocycles. The first kappa shape index (κ1) is 14.5. The van der Waals surface area contributed by atoms with E-state index in [0.29, 0.717) is 25.2 Å². The minimum atomic E-state index is -0.491. The highest BCUT2D eigenvalue weighted by atomic mass is 19.1. The number of hydrogen-bond donors (Lipinski definition) is 1. The van der Waals surface area contributed by atoms with Gasteiger partial charge in [0, 0.05) is 18.9 Å². The standard InChI is InChI=1S/C16H20FNO3/c17-13-4-1-3-12(9-13)10-15(19)18-14-5-2-6-16(11-14)20-7-8-21-16/h1,3-4,9,14H,2,5-8,10-11H2,(H,18,19). The molecule has 4 nitrogen and oxygen atoms in total. The molecule has 1 aliphatic heterocycles. The molecule has 0 radical (unpaired) electrons.